The molecular formula is C28H52IN5O2Si2. The first kappa shape index (κ1) is 32.0. The van der Waals surface area contributed by atoms with E-state index in [-0.39, 0.29) is 5.54 Å². The number of anilines is 1. The zero-order chi connectivity index (χ0) is 28.1. The summed E-state index contributed by atoms with van der Waals surface area (Å²) >= 11 is 2.35. The minimum absolute atomic E-state index is 0.245. The highest BCUT2D eigenvalue weighted by molar-refractivity contribution is 14.1. The highest BCUT2D eigenvalue weighted by Gasteiger charge is 2.28. The van der Waals surface area contributed by atoms with E-state index in [1.807, 2.05) is 10.7 Å². The number of halogens is 1. The normalized spacial score (nSPS) is 16.5. The molecule has 3 rings (SSSR count). The van der Waals surface area contributed by atoms with Crippen molar-refractivity contribution in [1.29, 1.82) is 0 Å². The summed E-state index contributed by atoms with van der Waals surface area (Å²) in [5.74, 6) is 1.67. The van der Waals surface area contributed by atoms with Gasteiger partial charge in [-0.2, -0.15) is 9.61 Å². The lowest BCUT2D eigenvalue weighted by Gasteiger charge is -2.41. The maximum Gasteiger partial charge on any atom is 0.171 e. The van der Waals surface area contributed by atoms with Crippen molar-refractivity contribution in [3.8, 4) is 0 Å². The number of fused-ring (bicyclic) bond motifs is 1. The van der Waals surface area contributed by atoms with Crippen molar-refractivity contribution in [1.82, 2.24) is 19.5 Å². The molecule has 0 radical (unpaired) electrons. The maximum atomic E-state index is 6.23. The molecule has 0 amide bonds. The molecule has 0 aliphatic carbocycles. The zero-order valence-electron chi connectivity index (χ0n) is 25.4. The second kappa shape index (κ2) is 13.4. The fourth-order valence-electron chi connectivity index (χ4n) is 4.68. The highest BCUT2D eigenvalue weighted by atomic mass is 127. The molecule has 1 saturated heterocycles. The van der Waals surface area contributed by atoms with Gasteiger partial charge in [0.25, 0.3) is 0 Å². The van der Waals surface area contributed by atoms with Gasteiger partial charge in [0.05, 0.1) is 9.77 Å². The van der Waals surface area contributed by atoms with E-state index >= 15 is 0 Å². The van der Waals surface area contributed by atoms with Crippen molar-refractivity contribution in [2.45, 2.75) is 96.9 Å². The number of nitrogens with zero attached hydrogens (tertiary/aromatic N) is 5. The van der Waals surface area contributed by atoms with Gasteiger partial charge in [-0.25, -0.2) is 4.98 Å². The van der Waals surface area contributed by atoms with Crippen molar-refractivity contribution >= 4 is 50.2 Å². The van der Waals surface area contributed by atoms with Crippen LogP contribution in [0.3, 0.4) is 0 Å². The summed E-state index contributed by atoms with van der Waals surface area (Å²) in [6.07, 6.45) is 5.36. The summed E-state index contributed by atoms with van der Waals surface area (Å²) in [7, 11) is -2.31. The average Bonchev–Trinajstić information content (AvgIpc) is 3.16. The van der Waals surface area contributed by atoms with Gasteiger partial charge in [-0.15, -0.1) is 0 Å². The topological polar surface area (TPSA) is 55.1 Å². The van der Waals surface area contributed by atoms with Gasteiger partial charge in [-0.3, -0.25) is 4.90 Å². The highest BCUT2D eigenvalue weighted by Crippen LogP contribution is 2.28. The van der Waals surface area contributed by atoms with Crippen LogP contribution in [0.15, 0.2) is 12.3 Å². The van der Waals surface area contributed by atoms with Crippen molar-refractivity contribution in [3.05, 3.63) is 21.5 Å². The molecule has 1 fully saturated rings. The van der Waals surface area contributed by atoms with E-state index in [1.54, 1.807) is 0 Å². The monoisotopic (exact) mass is 673 g/mol. The van der Waals surface area contributed by atoms with Crippen LogP contribution in [-0.4, -0.2) is 80.9 Å². The predicted molar refractivity (Wildman–Crippen MR) is 174 cm³/mol. The average molecular weight is 674 g/mol. The Morgan fingerprint density at radius 2 is 1.53 bits per heavy atom. The molecule has 38 heavy (non-hydrogen) atoms. The van der Waals surface area contributed by atoms with Gasteiger partial charge in [0.2, 0.25) is 0 Å². The first-order valence-corrected chi connectivity index (χ1v) is 22.8. The molecule has 216 valence electrons. The van der Waals surface area contributed by atoms with E-state index in [1.165, 1.54) is 12.8 Å². The first-order valence-electron chi connectivity index (χ1n) is 14.3. The molecule has 0 unspecified atom stereocenters. The summed E-state index contributed by atoms with van der Waals surface area (Å²) in [5.41, 5.74) is 2.32. The summed E-state index contributed by atoms with van der Waals surface area (Å²) in [5, 5.41) is 4.70. The van der Waals surface area contributed by atoms with Gasteiger partial charge in [-0.1, -0.05) is 39.3 Å². The van der Waals surface area contributed by atoms with Crippen LogP contribution < -0.4 is 4.90 Å². The third kappa shape index (κ3) is 10.1. The third-order valence-corrected chi connectivity index (χ3v) is 11.5. The number of rotatable bonds is 13. The van der Waals surface area contributed by atoms with Crippen molar-refractivity contribution in [2.75, 3.05) is 44.7 Å². The van der Waals surface area contributed by atoms with Crippen molar-refractivity contribution in [2.24, 2.45) is 5.92 Å². The van der Waals surface area contributed by atoms with Crippen LogP contribution in [0, 0.1) is 9.49 Å². The summed E-state index contributed by atoms with van der Waals surface area (Å²) < 4.78 is 15.5. The largest absolute Gasteiger partial charge is 0.361 e. The van der Waals surface area contributed by atoms with Crippen LogP contribution in [-0.2, 0) is 15.9 Å². The Morgan fingerprint density at radius 1 is 0.974 bits per heavy atom. The molecule has 0 spiro atoms. The van der Waals surface area contributed by atoms with Crippen molar-refractivity contribution in [3.63, 3.8) is 0 Å². The van der Waals surface area contributed by atoms with Gasteiger partial charge < -0.3 is 14.4 Å². The quantitative estimate of drug-likeness (QED) is 0.101. The fraction of sp³-hybridized carbons (Fsp3) is 0.786. The molecule has 3 heterocycles. The summed E-state index contributed by atoms with van der Waals surface area (Å²) in [6.45, 7) is 26.2. The first-order chi connectivity index (χ1) is 17.6. The van der Waals surface area contributed by atoms with E-state index in [2.05, 4.69) is 98.5 Å². The van der Waals surface area contributed by atoms with E-state index in [0.29, 0.717) is 19.4 Å². The number of hydrogen-bond donors (Lipinski definition) is 0. The van der Waals surface area contributed by atoms with E-state index in [9.17, 15) is 0 Å². The molecule has 0 atom stereocenters. The number of ether oxygens (including phenoxy) is 2. The van der Waals surface area contributed by atoms with Gasteiger partial charge in [0.15, 0.2) is 5.65 Å². The molecule has 0 saturated carbocycles. The molecule has 1 aliphatic rings. The fourth-order valence-corrected chi connectivity index (χ4v) is 6.67. The van der Waals surface area contributed by atoms with Gasteiger partial charge in [0, 0.05) is 46.7 Å². The van der Waals surface area contributed by atoms with Crippen LogP contribution in [0.25, 0.3) is 5.65 Å². The standard InChI is InChI=1S/C28H52IN5O2Si2/c1-28(2,3)33-12-10-23(11-13-33)18-24-19-26(34-27(31-24)25(29)20-30-34)32(21-35-14-16-37(4,5)6)22-36-15-17-38(7,8)9/h19-20,23H,10-18,21-22H2,1-9H3. The molecule has 7 nitrogen and oxygen atoms in total. The molecule has 0 aromatic carbocycles. The Labute approximate surface area is 247 Å². The van der Waals surface area contributed by atoms with E-state index in [0.717, 1.165) is 65.5 Å². The molecule has 2 aromatic rings. The Kier molecular flexibility index (Phi) is 11.3. The van der Waals surface area contributed by atoms with Gasteiger partial charge >= 0.3 is 0 Å². The minimum atomic E-state index is -1.15. The lowest BCUT2D eigenvalue weighted by atomic mass is 9.89. The Morgan fingerprint density at radius 3 is 2.03 bits per heavy atom. The Hall–Kier alpha value is -0.536. The lowest BCUT2D eigenvalue weighted by Crippen LogP contribution is -2.46. The second-order valence-electron chi connectivity index (χ2n) is 14.4. The van der Waals surface area contributed by atoms with Crippen molar-refractivity contribution < 1.29 is 9.47 Å². The minimum Gasteiger partial charge on any atom is -0.361 e. The summed E-state index contributed by atoms with van der Waals surface area (Å²) in [6, 6.07) is 4.54. The molecule has 1 aliphatic heterocycles. The number of aromatic nitrogens is 3. The Bertz CT molecular complexity index is 999. The van der Waals surface area contributed by atoms with Crippen LogP contribution in [0.2, 0.25) is 51.4 Å². The lowest BCUT2D eigenvalue weighted by molar-refractivity contribution is 0.0873. The van der Waals surface area contributed by atoms with E-state index in [4.69, 9.17) is 19.6 Å². The Balaban J connectivity index is 1.79. The molecular weight excluding hydrogens is 621 g/mol. The second-order valence-corrected chi connectivity index (χ2v) is 26.8. The van der Waals surface area contributed by atoms with Gasteiger partial charge in [-0.05, 0) is 93.7 Å². The SMILES string of the molecule is CC(C)(C)N1CCC(Cc2cc(N(COCC[Si](C)(C)C)COCC[Si](C)(C)C)n3ncc(I)c3n2)CC1. The number of likely N-dealkylation sites (tertiary alicyclic amines) is 1. The number of piperidine rings is 1. The number of hydrogen-bond acceptors (Lipinski definition) is 6. The summed E-state index contributed by atoms with van der Waals surface area (Å²) in [4.78, 5) is 9.90. The van der Waals surface area contributed by atoms with E-state index < -0.39 is 16.1 Å². The molecule has 10 heteroatoms. The predicted octanol–water partition coefficient (Wildman–Crippen LogP) is 6.82. The van der Waals surface area contributed by atoms with Gasteiger partial charge in [0.1, 0.15) is 19.3 Å². The van der Waals surface area contributed by atoms with Crippen LogP contribution in [0.5, 0.6) is 0 Å². The zero-order valence-corrected chi connectivity index (χ0v) is 29.6. The van der Waals surface area contributed by atoms with Crippen LogP contribution in [0.4, 0.5) is 5.82 Å². The molecule has 2 aromatic heterocycles. The third-order valence-electron chi connectivity index (χ3n) is 7.34. The molecule has 0 bridgehead atoms. The maximum absolute atomic E-state index is 6.23. The smallest absolute Gasteiger partial charge is 0.171 e. The van der Waals surface area contributed by atoms with Crippen LogP contribution >= 0.6 is 22.6 Å². The van der Waals surface area contributed by atoms with Crippen LogP contribution in [0.1, 0.15) is 39.3 Å². The molecule has 0 N–H and O–H groups in total.